The Bertz CT molecular complexity index is 835. The van der Waals surface area contributed by atoms with E-state index in [4.69, 9.17) is 14.2 Å². The molecule has 0 aromatic heterocycles. The first kappa shape index (κ1) is 48.9. The highest BCUT2D eigenvalue weighted by Crippen LogP contribution is 2.14. The molecule has 0 rings (SSSR count). The predicted molar refractivity (Wildman–Crippen MR) is 215 cm³/mol. The highest BCUT2D eigenvalue weighted by Gasteiger charge is 2.19. The van der Waals surface area contributed by atoms with E-state index < -0.39 is 6.10 Å². The number of ether oxygens (including phenoxy) is 3. The van der Waals surface area contributed by atoms with Crippen molar-refractivity contribution in [2.24, 2.45) is 0 Å². The standard InChI is InChI=1S/C45H82O6/c1-4-7-10-13-16-18-19-20-21-22-23-24-25-26-27-30-32-35-38-44(47)50-41-42(40-49-43(46)37-34-31-28-15-12-9-6-3)51-45(48)39-36-33-29-17-14-11-8-5-2/h18-19,21-22,42H,4-17,20,23-41H2,1-3H3/b19-18-,22-21-. The lowest BCUT2D eigenvalue weighted by molar-refractivity contribution is -0.167. The third-order valence-electron chi connectivity index (χ3n) is 9.46. The van der Waals surface area contributed by atoms with Crippen LogP contribution in [0.2, 0.25) is 0 Å². The van der Waals surface area contributed by atoms with E-state index in [0.29, 0.717) is 19.3 Å². The van der Waals surface area contributed by atoms with Gasteiger partial charge in [0.1, 0.15) is 13.2 Å². The molecule has 1 unspecified atom stereocenters. The number of unbranched alkanes of at least 4 members (excludes halogenated alkanes) is 24. The molecule has 0 aromatic carbocycles. The number of allylic oxidation sites excluding steroid dienone is 4. The smallest absolute Gasteiger partial charge is 0.306 e. The van der Waals surface area contributed by atoms with Crippen LogP contribution in [-0.4, -0.2) is 37.2 Å². The zero-order chi connectivity index (χ0) is 37.3. The first-order valence-electron chi connectivity index (χ1n) is 21.8. The van der Waals surface area contributed by atoms with Gasteiger partial charge in [0.15, 0.2) is 6.10 Å². The van der Waals surface area contributed by atoms with Crippen molar-refractivity contribution >= 4 is 17.9 Å². The molecule has 0 bridgehead atoms. The molecule has 0 saturated heterocycles. The summed E-state index contributed by atoms with van der Waals surface area (Å²) in [7, 11) is 0. The molecule has 6 heteroatoms. The molecule has 0 aliphatic carbocycles. The second-order valence-corrected chi connectivity index (χ2v) is 14.6. The maximum atomic E-state index is 12.6. The van der Waals surface area contributed by atoms with Crippen LogP contribution in [0.15, 0.2) is 24.3 Å². The van der Waals surface area contributed by atoms with Crippen LogP contribution in [0.25, 0.3) is 0 Å². The predicted octanol–water partition coefficient (Wildman–Crippen LogP) is 13.6. The lowest BCUT2D eigenvalue weighted by atomic mass is 10.1. The maximum Gasteiger partial charge on any atom is 0.306 e. The molecule has 6 nitrogen and oxygen atoms in total. The normalized spacial score (nSPS) is 12.1. The Balaban J connectivity index is 4.21. The fraction of sp³-hybridized carbons (Fsp3) is 0.844. The second kappa shape index (κ2) is 40.7. The molecule has 0 heterocycles. The SMILES string of the molecule is CCCCCC/C=C\C/C=C\CCCCCCCCCC(=O)OCC(COC(=O)CCCCCCCCC)OC(=O)CCCCCCCCCC. The Labute approximate surface area is 315 Å². The van der Waals surface area contributed by atoms with E-state index in [0.717, 1.165) is 70.6 Å². The monoisotopic (exact) mass is 719 g/mol. The fourth-order valence-corrected chi connectivity index (χ4v) is 6.12. The summed E-state index contributed by atoms with van der Waals surface area (Å²) in [6, 6.07) is 0. The molecule has 0 aromatic rings. The van der Waals surface area contributed by atoms with E-state index in [9.17, 15) is 14.4 Å². The van der Waals surface area contributed by atoms with E-state index in [2.05, 4.69) is 45.1 Å². The highest BCUT2D eigenvalue weighted by molar-refractivity contribution is 5.71. The maximum absolute atomic E-state index is 12.6. The third kappa shape index (κ3) is 38.9. The molecule has 0 amide bonds. The van der Waals surface area contributed by atoms with Crippen LogP contribution in [0.3, 0.4) is 0 Å². The van der Waals surface area contributed by atoms with Gasteiger partial charge in [-0.05, 0) is 51.4 Å². The minimum Gasteiger partial charge on any atom is -0.462 e. The second-order valence-electron chi connectivity index (χ2n) is 14.6. The van der Waals surface area contributed by atoms with E-state index >= 15 is 0 Å². The van der Waals surface area contributed by atoms with Crippen LogP contribution in [0.4, 0.5) is 0 Å². The largest absolute Gasteiger partial charge is 0.462 e. The molecular weight excluding hydrogens is 636 g/mol. The number of hydrogen-bond acceptors (Lipinski definition) is 6. The van der Waals surface area contributed by atoms with Crippen molar-refractivity contribution in [1.82, 2.24) is 0 Å². The summed E-state index contributed by atoms with van der Waals surface area (Å²) >= 11 is 0. The number of esters is 3. The van der Waals surface area contributed by atoms with Gasteiger partial charge in [0.25, 0.3) is 0 Å². The van der Waals surface area contributed by atoms with Crippen molar-refractivity contribution in [1.29, 1.82) is 0 Å². The van der Waals surface area contributed by atoms with Crippen molar-refractivity contribution in [3.63, 3.8) is 0 Å². The number of carbonyl (C=O) groups is 3. The number of rotatable bonds is 39. The van der Waals surface area contributed by atoms with Crippen LogP contribution < -0.4 is 0 Å². The summed E-state index contributed by atoms with van der Waals surface area (Å²) < 4.78 is 16.6. The average molecular weight is 719 g/mol. The van der Waals surface area contributed by atoms with E-state index in [-0.39, 0.29) is 31.1 Å². The van der Waals surface area contributed by atoms with Gasteiger partial charge in [0.2, 0.25) is 0 Å². The van der Waals surface area contributed by atoms with Gasteiger partial charge in [0, 0.05) is 19.3 Å². The van der Waals surface area contributed by atoms with E-state index in [1.165, 1.54) is 116 Å². The van der Waals surface area contributed by atoms with Gasteiger partial charge in [-0.1, -0.05) is 180 Å². The van der Waals surface area contributed by atoms with Crippen molar-refractivity contribution in [3.8, 4) is 0 Å². The molecule has 1 atom stereocenters. The topological polar surface area (TPSA) is 78.9 Å². The molecule has 0 N–H and O–H groups in total. The van der Waals surface area contributed by atoms with Crippen molar-refractivity contribution in [3.05, 3.63) is 24.3 Å². The average Bonchev–Trinajstić information content (AvgIpc) is 3.12. The molecule has 0 spiro atoms. The summed E-state index contributed by atoms with van der Waals surface area (Å²) in [4.78, 5) is 37.4. The molecule has 0 radical (unpaired) electrons. The quantitative estimate of drug-likeness (QED) is 0.0272. The van der Waals surface area contributed by atoms with Crippen molar-refractivity contribution in [2.45, 2.75) is 232 Å². The van der Waals surface area contributed by atoms with Crippen LogP contribution >= 0.6 is 0 Å². The van der Waals surface area contributed by atoms with Gasteiger partial charge < -0.3 is 14.2 Å². The van der Waals surface area contributed by atoms with Gasteiger partial charge >= 0.3 is 17.9 Å². The Morgan fingerprint density at radius 1 is 0.392 bits per heavy atom. The van der Waals surface area contributed by atoms with Crippen molar-refractivity contribution < 1.29 is 28.6 Å². The van der Waals surface area contributed by atoms with Crippen LogP contribution in [0.5, 0.6) is 0 Å². The molecular formula is C45H82O6. The minimum atomic E-state index is -0.764. The highest BCUT2D eigenvalue weighted by atomic mass is 16.6. The van der Waals surface area contributed by atoms with Gasteiger partial charge in [-0.25, -0.2) is 0 Å². The Morgan fingerprint density at radius 2 is 0.706 bits per heavy atom. The Morgan fingerprint density at radius 3 is 1.10 bits per heavy atom. The fourth-order valence-electron chi connectivity index (χ4n) is 6.12. The van der Waals surface area contributed by atoms with Crippen LogP contribution in [0, 0.1) is 0 Å². The van der Waals surface area contributed by atoms with Crippen LogP contribution in [0.1, 0.15) is 226 Å². The third-order valence-corrected chi connectivity index (χ3v) is 9.46. The Hall–Kier alpha value is -2.11. The Kier molecular flexibility index (Phi) is 39.0. The lowest BCUT2D eigenvalue weighted by Gasteiger charge is -2.18. The molecule has 0 saturated carbocycles. The summed E-state index contributed by atoms with van der Waals surface area (Å²) in [6.45, 7) is 6.53. The van der Waals surface area contributed by atoms with Gasteiger partial charge in [0.05, 0.1) is 0 Å². The van der Waals surface area contributed by atoms with Gasteiger partial charge in [-0.3, -0.25) is 14.4 Å². The summed E-state index contributed by atoms with van der Waals surface area (Å²) in [5.74, 6) is -0.889. The zero-order valence-electron chi connectivity index (χ0n) is 33.9. The summed E-state index contributed by atoms with van der Waals surface area (Å²) in [6.07, 6.45) is 43.2. The van der Waals surface area contributed by atoms with E-state index in [1.807, 2.05) is 0 Å². The molecule has 298 valence electrons. The first-order valence-corrected chi connectivity index (χ1v) is 21.8. The molecule has 51 heavy (non-hydrogen) atoms. The number of carbonyl (C=O) groups excluding carboxylic acids is 3. The van der Waals surface area contributed by atoms with Crippen molar-refractivity contribution in [2.75, 3.05) is 13.2 Å². The zero-order valence-corrected chi connectivity index (χ0v) is 33.9. The summed E-state index contributed by atoms with van der Waals surface area (Å²) in [5, 5.41) is 0. The number of hydrogen-bond donors (Lipinski definition) is 0. The molecule has 0 aliphatic heterocycles. The molecule has 0 fully saturated rings. The minimum absolute atomic E-state index is 0.0716. The summed E-state index contributed by atoms with van der Waals surface area (Å²) in [5.41, 5.74) is 0. The van der Waals surface area contributed by atoms with Gasteiger partial charge in [-0.2, -0.15) is 0 Å². The lowest BCUT2D eigenvalue weighted by Crippen LogP contribution is -2.30. The van der Waals surface area contributed by atoms with Gasteiger partial charge in [-0.15, -0.1) is 0 Å². The first-order chi connectivity index (χ1) is 25.0. The molecule has 0 aliphatic rings. The van der Waals surface area contributed by atoms with Crippen LogP contribution in [-0.2, 0) is 28.6 Å². The van der Waals surface area contributed by atoms with E-state index in [1.54, 1.807) is 0 Å².